The Morgan fingerprint density at radius 1 is 0.941 bits per heavy atom. The van der Waals surface area contributed by atoms with E-state index in [4.69, 9.17) is 0 Å². The summed E-state index contributed by atoms with van der Waals surface area (Å²) < 4.78 is 25.5. The van der Waals surface area contributed by atoms with Gasteiger partial charge >= 0.3 is 0 Å². The summed E-state index contributed by atoms with van der Waals surface area (Å²) in [7, 11) is -1.79. The fraction of sp³-hybridized carbons (Fsp3) is 0.400. The summed E-state index contributed by atoms with van der Waals surface area (Å²) >= 11 is 0. The molecule has 1 aliphatic carbocycles. The van der Waals surface area contributed by atoms with Crippen LogP contribution in [0.3, 0.4) is 0 Å². The van der Waals surface area contributed by atoms with E-state index in [9.17, 15) is 23.0 Å². The summed E-state index contributed by atoms with van der Waals surface area (Å²) in [5.41, 5.74) is 1.90. The summed E-state index contributed by atoms with van der Waals surface area (Å²) in [4.78, 5) is 39.2. The lowest BCUT2D eigenvalue weighted by Gasteiger charge is -2.26. The van der Waals surface area contributed by atoms with Gasteiger partial charge in [-0.05, 0) is 56.2 Å². The van der Waals surface area contributed by atoms with Gasteiger partial charge in [0.2, 0.25) is 17.7 Å². The Balaban J connectivity index is 1.61. The number of hydrogen-bond acceptors (Lipinski definition) is 4. The monoisotopic (exact) mass is 487 g/mol. The van der Waals surface area contributed by atoms with Gasteiger partial charge in [0.05, 0.1) is 0 Å². The van der Waals surface area contributed by atoms with Crippen LogP contribution in [0.15, 0.2) is 48.5 Å². The van der Waals surface area contributed by atoms with E-state index >= 15 is 0 Å². The molecule has 1 atom stereocenters. The largest absolute Gasteiger partial charge is 0.352 e. The van der Waals surface area contributed by atoms with Crippen molar-refractivity contribution >= 4 is 39.9 Å². The molecule has 0 unspecified atom stereocenters. The van der Waals surface area contributed by atoms with E-state index in [0.29, 0.717) is 11.4 Å². The van der Waals surface area contributed by atoms with Crippen LogP contribution in [0.25, 0.3) is 0 Å². The van der Waals surface area contributed by atoms with Crippen LogP contribution in [-0.2, 0) is 25.2 Å². The van der Waals surface area contributed by atoms with Gasteiger partial charge in [-0.1, -0.05) is 37.0 Å². The quantitative estimate of drug-likeness (QED) is 0.567. The van der Waals surface area contributed by atoms with Crippen LogP contribution >= 0.6 is 0 Å². The average molecular weight is 488 g/mol. The maximum Gasteiger partial charge on any atom is 0.240 e. The molecule has 2 N–H and O–H groups in total. The van der Waals surface area contributed by atoms with Crippen LogP contribution in [0, 0.1) is 12.7 Å². The molecule has 34 heavy (non-hydrogen) atoms. The molecule has 1 fully saturated rings. The molecule has 3 rings (SSSR count). The minimum atomic E-state index is -1.79. The van der Waals surface area contributed by atoms with E-state index in [-0.39, 0.29) is 24.2 Å². The fourth-order valence-corrected chi connectivity index (χ4v) is 4.75. The van der Waals surface area contributed by atoms with E-state index in [0.717, 1.165) is 31.2 Å². The summed E-state index contributed by atoms with van der Waals surface area (Å²) in [5.74, 6) is -2.54. The van der Waals surface area contributed by atoms with Crippen molar-refractivity contribution in [3.63, 3.8) is 0 Å². The maximum atomic E-state index is 13.0. The van der Waals surface area contributed by atoms with Crippen molar-refractivity contribution in [1.29, 1.82) is 0 Å². The van der Waals surface area contributed by atoms with Crippen molar-refractivity contribution in [3.05, 3.63) is 59.9 Å². The van der Waals surface area contributed by atoms with E-state index in [2.05, 4.69) is 10.6 Å². The molecular weight excluding hydrogens is 457 g/mol. The fourth-order valence-electron chi connectivity index (χ4n) is 3.86. The molecule has 2 aromatic carbocycles. The molecule has 1 aliphatic rings. The summed E-state index contributed by atoms with van der Waals surface area (Å²) in [6, 6.07) is 12.5. The number of hydrogen-bond donors (Lipinski definition) is 2. The number of carbonyl (C=O) groups excluding carboxylic acids is 3. The number of amides is 3. The van der Waals surface area contributed by atoms with Gasteiger partial charge in [-0.3, -0.25) is 18.6 Å². The zero-order chi connectivity index (χ0) is 24.5. The zero-order valence-electron chi connectivity index (χ0n) is 19.2. The van der Waals surface area contributed by atoms with Crippen molar-refractivity contribution < 1.29 is 23.0 Å². The highest BCUT2D eigenvalue weighted by atomic mass is 32.2. The number of halogens is 1. The third-order valence-corrected chi connectivity index (χ3v) is 6.78. The third kappa shape index (κ3) is 8.06. The lowest BCUT2D eigenvalue weighted by atomic mass is 9.95. The van der Waals surface area contributed by atoms with Crippen LogP contribution in [0.1, 0.15) is 37.7 Å². The van der Waals surface area contributed by atoms with Crippen molar-refractivity contribution in [1.82, 2.24) is 5.32 Å². The highest BCUT2D eigenvalue weighted by molar-refractivity contribution is 7.86. The average Bonchev–Trinajstić information content (AvgIpc) is 2.80. The predicted octanol–water partition coefficient (Wildman–Crippen LogP) is 3.30. The molecule has 9 heteroatoms. The number of benzene rings is 2. The van der Waals surface area contributed by atoms with Crippen LogP contribution in [0.5, 0.6) is 0 Å². The number of carbonyl (C=O) groups is 3. The first kappa shape index (κ1) is 25.6. The van der Waals surface area contributed by atoms with Crippen molar-refractivity contribution in [2.24, 2.45) is 0 Å². The molecule has 0 radical (unpaired) electrons. The van der Waals surface area contributed by atoms with Crippen molar-refractivity contribution in [2.45, 2.75) is 45.1 Å². The SMILES string of the molecule is Cc1ccc(N(CC(=O)NC2CCCCC2)C(=O)C[S@@](=O)CC(=O)Nc2ccc(F)cc2)cc1. The van der Waals surface area contributed by atoms with Crippen LogP contribution in [0.4, 0.5) is 15.8 Å². The highest BCUT2D eigenvalue weighted by Gasteiger charge is 2.24. The topological polar surface area (TPSA) is 95.6 Å². The normalized spacial score (nSPS) is 14.8. The maximum absolute atomic E-state index is 13.0. The molecule has 0 aromatic heterocycles. The molecule has 0 bridgehead atoms. The van der Waals surface area contributed by atoms with Crippen molar-refractivity contribution in [2.75, 3.05) is 28.3 Å². The summed E-state index contributed by atoms with van der Waals surface area (Å²) in [5, 5.41) is 5.53. The van der Waals surface area contributed by atoms with Gasteiger partial charge in [-0.15, -0.1) is 0 Å². The second-order valence-electron chi connectivity index (χ2n) is 8.50. The number of aryl methyl sites for hydroxylation is 1. The predicted molar refractivity (Wildman–Crippen MR) is 131 cm³/mol. The molecule has 0 aliphatic heterocycles. The molecule has 1 saturated carbocycles. The smallest absolute Gasteiger partial charge is 0.240 e. The van der Waals surface area contributed by atoms with Crippen LogP contribution < -0.4 is 15.5 Å². The van der Waals surface area contributed by atoms with Gasteiger partial charge in [-0.2, -0.15) is 0 Å². The van der Waals surface area contributed by atoms with Crippen LogP contribution in [0.2, 0.25) is 0 Å². The van der Waals surface area contributed by atoms with Gasteiger partial charge in [0.15, 0.2) is 0 Å². The standard InChI is InChI=1S/C25H30FN3O4S/c1-18-7-13-22(14-8-18)29(15-23(30)27-20-5-3-2-4-6-20)25(32)17-34(33)16-24(31)28-21-11-9-19(26)10-12-21/h7-14,20H,2-6,15-17H2,1H3,(H,27,30)(H,28,31)/t34-/m0/s1. The van der Waals surface area contributed by atoms with Gasteiger partial charge in [0, 0.05) is 28.2 Å². The molecule has 0 saturated heterocycles. The number of rotatable bonds is 9. The molecule has 3 amide bonds. The van der Waals surface area contributed by atoms with E-state index in [1.54, 1.807) is 12.1 Å². The Kier molecular flexibility index (Phi) is 9.33. The van der Waals surface area contributed by atoms with Gasteiger partial charge in [-0.25, -0.2) is 4.39 Å². The lowest BCUT2D eigenvalue weighted by molar-refractivity contribution is -0.123. The first-order valence-electron chi connectivity index (χ1n) is 11.4. The molecule has 7 nitrogen and oxygen atoms in total. The number of anilines is 2. The van der Waals surface area contributed by atoms with Gasteiger partial charge < -0.3 is 15.5 Å². The Labute approximate surface area is 201 Å². The zero-order valence-corrected chi connectivity index (χ0v) is 20.0. The molecular formula is C25H30FN3O4S. The lowest BCUT2D eigenvalue weighted by Crippen LogP contribution is -2.46. The molecule has 2 aromatic rings. The Morgan fingerprint density at radius 2 is 1.59 bits per heavy atom. The molecule has 182 valence electrons. The molecule has 0 spiro atoms. The number of nitrogens with one attached hydrogen (secondary N) is 2. The van der Waals surface area contributed by atoms with E-state index < -0.39 is 34.2 Å². The molecule has 0 heterocycles. The summed E-state index contributed by atoms with van der Waals surface area (Å²) in [6.07, 6.45) is 5.17. The minimum absolute atomic E-state index is 0.112. The van der Waals surface area contributed by atoms with Gasteiger partial charge in [0.1, 0.15) is 23.9 Å². The van der Waals surface area contributed by atoms with Gasteiger partial charge in [0.25, 0.3) is 0 Å². The van der Waals surface area contributed by atoms with Crippen LogP contribution in [-0.4, -0.2) is 46.0 Å². The Morgan fingerprint density at radius 3 is 2.24 bits per heavy atom. The Hall–Kier alpha value is -3.07. The van der Waals surface area contributed by atoms with E-state index in [1.807, 2.05) is 19.1 Å². The number of nitrogens with zero attached hydrogens (tertiary/aromatic N) is 1. The second kappa shape index (κ2) is 12.4. The van der Waals surface area contributed by atoms with E-state index in [1.165, 1.54) is 35.6 Å². The summed E-state index contributed by atoms with van der Waals surface area (Å²) in [6.45, 7) is 1.73. The Bertz CT molecular complexity index is 1020. The first-order valence-corrected chi connectivity index (χ1v) is 12.9. The highest BCUT2D eigenvalue weighted by Crippen LogP contribution is 2.19. The minimum Gasteiger partial charge on any atom is -0.352 e. The first-order chi connectivity index (χ1) is 16.3. The third-order valence-electron chi connectivity index (χ3n) is 5.62. The second-order valence-corrected chi connectivity index (χ2v) is 9.96. The van der Waals surface area contributed by atoms with Crippen molar-refractivity contribution in [3.8, 4) is 0 Å².